The Morgan fingerprint density at radius 2 is 1.57 bits per heavy atom. The summed E-state index contributed by atoms with van der Waals surface area (Å²) in [5.74, 6) is 0.846. The van der Waals surface area contributed by atoms with Crippen molar-refractivity contribution >= 4 is 16.9 Å². The van der Waals surface area contributed by atoms with Gasteiger partial charge < -0.3 is 20.1 Å². The first-order valence-corrected chi connectivity index (χ1v) is 10.3. The Morgan fingerprint density at radius 3 is 2.30 bits per heavy atom. The van der Waals surface area contributed by atoms with E-state index in [0.717, 1.165) is 23.4 Å². The van der Waals surface area contributed by atoms with Crippen molar-refractivity contribution in [3.63, 3.8) is 0 Å². The molecule has 0 unspecified atom stereocenters. The average Bonchev–Trinajstić information content (AvgIpc) is 2.71. The highest BCUT2D eigenvalue weighted by Gasteiger charge is 2.15. The molecule has 0 saturated carbocycles. The zero-order chi connectivity index (χ0) is 21.4. The molecule has 0 radical (unpaired) electrons. The molecule has 0 bridgehead atoms. The van der Waals surface area contributed by atoms with E-state index in [2.05, 4.69) is 41.0 Å². The lowest BCUT2D eigenvalue weighted by atomic mass is 10.1. The molecule has 3 rings (SSSR count). The van der Waals surface area contributed by atoms with Crippen LogP contribution in [0.2, 0.25) is 0 Å². The maximum absolute atomic E-state index is 11.6. The Morgan fingerprint density at radius 1 is 0.867 bits per heavy atom. The zero-order valence-corrected chi connectivity index (χ0v) is 17.9. The first kappa shape index (κ1) is 21.7. The molecule has 0 aliphatic rings. The van der Waals surface area contributed by atoms with Gasteiger partial charge in [0.1, 0.15) is 18.0 Å². The van der Waals surface area contributed by atoms with Crippen LogP contribution in [-0.2, 0) is 17.9 Å². The van der Waals surface area contributed by atoms with Crippen molar-refractivity contribution in [1.82, 2.24) is 10.6 Å². The molecule has 0 aliphatic heterocycles. The van der Waals surface area contributed by atoms with Crippen LogP contribution >= 0.6 is 0 Å². The summed E-state index contributed by atoms with van der Waals surface area (Å²) in [6, 6.07) is 22.8. The van der Waals surface area contributed by atoms with Crippen LogP contribution in [0.1, 0.15) is 31.9 Å². The molecule has 0 spiro atoms. The lowest BCUT2D eigenvalue weighted by molar-refractivity contribution is 0.0528. The smallest absolute Gasteiger partial charge is 0.407 e. The van der Waals surface area contributed by atoms with Gasteiger partial charge in [-0.15, -0.1) is 0 Å². The van der Waals surface area contributed by atoms with Crippen LogP contribution in [-0.4, -0.2) is 24.8 Å². The average molecular weight is 407 g/mol. The van der Waals surface area contributed by atoms with E-state index in [4.69, 9.17) is 9.47 Å². The molecule has 3 aromatic carbocycles. The van der Waals surface area contributed by atoms with E-state index in [1.54, 1.807) is 0 Å². The van der Waals surface area contributed by atoms with Crippen molar-refractivity contribution in [2.45, 2.75) is 39.5 Å². The molecule has 0 aliphatic carbocycles. The first-order chi connectivity index (χ1) is 14.4. The molecule has 0 aromatic heterocycles. The number of alkyl carbamates (subject to hydrolysis) is 1. The van der Waals surface area contributed by atoms with Gasteiger partial charge in [-0.2, -0.15) is 0 Å². The zero-order valence-electron chi connectivity index (χ0n) is 17.9. The Labute approximate surface area is 178 Å². The summed E-state index contributed by atoms with van der Waals surface area (Å²) in [5.41, 5.74) is 1.83. The fourth-order valence-electron chi connectivity index (χ4n) is 3.00. The van der Waals surface area contributed by atoms with Crippen LogP contribution in [0.15, 0.2) is 66.7 Å². The first-order valence-electron chi connectivity index (χ1n) is 10.3. The minimum atomic E-state index is -0.477. The predicted molar refractivity (Wildman–Crippen MR) is 121 cm³/mol. The van der Waals surface area contributed by atoms with E-state index < -0.39 is 11.7 Å². The van der Waals surface area contributed by atoms with Crippen LogP contribution in [0.25, 0.3) is 10.8 Å². The number of amides is 1. The Hall–Kier alpha value is -3.05. The van der Waals surface area contributed by atoms with Crippen LogP contribution in [0.3, 0.4) is 0 Å². The molecule has 2 N–H and O–H groups in total. The molecule has 0 atom stereocenters. The van der Waals surface area contributed by atoms with Gasteiger partial charge in [0, 0.05) is 19.6 Å². The number of nitrogens with one attached hydrogen (secondary N) is 2. The normalized spacial score (nSPS) is 11.3. The monoisotopic (exact) mass is 406 g/mol. The molecule has 1 amide bonds. The second kappa shape index (κ2) is 10.1. The van der Waals surface area contributed by atoms with Gasteiger partial charge in [0.2, 0.25) is 0 Å². The summed E-state index contributed by atoms with van der Waals surface area (Å²) >= 11 is 0. The van der Waals surface area contributed by atoms with E-state index >= 15 is 0 Å². The lowest BCUT2D eigenvalue weighted by Gasteiger charge is -2.19. The lowest BCUT2D eigenvalue weighted by Crippen LogP contribution is -2.36. The number of carbonyl (C=O) groups is 1. The van der Waals surface area contributed by atoms with E-state index in [-0.39, 0.29) is 0 Å². The Bertz CT molecular complexity index is 962. The predicted octanol–water partition coefficient (Wildman–Crippen LogP) is 5.03. The van der Waals surface area contributed by atoms with Gasteiger partial charge in [0.25, 0.3) is 0 Å². The quantitative estimate of drug-likeness (QED) is 0.515. The number of rotatable bonds is 8. The summed E-state index contributed by atoms with van der Waals surface area (Å²) < 4.78 is 11.1. The Kier molecular flexibility index (Phi) is 7.31. The van der Waals surface area contributed by atoms with Crippen molar-refractivity contribution in [1.29, 1.82) is 0 Å². The van der Waals surface area contributed by atoms with E-state index in [1.807, 2.05) is 57.2 Å². The van der Waals surface area contributed by atoms with Crippen molar-refractivity contribution in [2.24, 2.45) is 0 Å². The number of benzene rings is 3. The van der Waals surface area contributed by atoms with Crippen LogP contribution in [0, 0.1) is 0 Å². The van der Waals surface area contributed by atoms with Crippen molar-refractivity contribution in [3.05, 3.63) is 77.9 Å². The van der Waals surface area contributed by atoms with Gasteiger partial charge in [0.15, 0.2) is 0 Å². The number of ether oxygens (including phenoxy) is 2. The van der Waals surface area contributed by atoms with Crippen molar-refractivity contribution in [3.8, 4) is 5.75 Å². The number of carbonyl (C=O) groups excluding carboxylic acids is 1. The summed E-state index contributed by atoms with van der Waals surface area (Å²) in [5, 5.41) is 8.50. The van der Waals surface area contributed by atoms with Gasteiger partial charge in [0.05, 0.1) is 0 Å². The largest absolute Gasteiger partial charge is 0.489 e. The number of hydrogen-bond donors (Lipinski definition) is 2. The minimum Gasteiger partial charge on any atom is -0.489 e. The molecule has 5 nitrogen and oxygen atoms in total. The molecule has 158 valence electrons. The third kappa shape index (κ3) is 7.08. The molecule has 0 heterocycles. The molecule has 5 heteroatoms. The van der Waals surface area contributed by atoms with Crippen LogP contribution < -0.4 is 15.4 Å². The third-order valence-electron chi connectivity index (χ3n) is 4.44. The fraction of sp³-hybridized carbons (Fsp3) is 0.320. The fourth-order valence-corrected chi connectivity index (χ4v) is 3.00. The Balaban J connectivity index is 1.38. The second-order valence-electron chi connectivity index (χ2n) is 8.22. The SMILES string of the molecule is CC(C)(C)OC(=O)NCCNCc1ccc(OCc2ccc3ccccc3c2)cc1. The number of fused-ring (bicyclic) bond motifs is 1. The molecular formula is C25H30N2O3. The summed E-state index contributed by atoms with van der Waals surface area (Å²) in [7, 11) is 0. The summed E-state index contributed by atoms with van der Waals surface area (Å²) in [6.45, 7) is 7.99. The van der Waals surface area contributed by atoms with Gasteiger partial charge in [-0.25, -0.2) is 4.79 Å². The molecular weight excluding hydrogens is 376 g/mol. The maximum Gasteiger partial charge on any atom is 0.407 e. The molecule has 3 aromatic rings. The molecule has 0 saturated heterocycles. The van der Waals surface area contributed by atoms with Gasteiger partial charge >= 0.3 is 6.09 Å². The van der Waals surface area contributed by atoms with E-state index in [1.165, 1.54) is 10.8 Å². The van der Waals surface area contributed by atoms with E-state index in [9.17, 15) is 4.79 Å². The maximum atomic E-state index is 11.6. The summed E-state index contributed by atoms with van der Waals surface area (Å²) in [6.07, 6.45) is -0.391. The van der Waals surface area contributed by atoms with Crippen molar-refractivity contribution < 1.29 is 14.3 Å². The molecule has 0 fully saturated rings. The summed E-state index contributed by atoms with van der Waals surface area (Å²) in [4.78, 5) is 11.6. The van der Waals surface area contributed by atoms with Gasteiger partial charge in [-0.1, -0.05) is 48.5 Å². The van der Waals surface area contributed by atoms with E-state index in [0.29, 0.717) is 19.7 Å². The van der Waals surface area contributed by atoms with Crippen LogP contribution in [0.5, 0.6) is 5.75 Å². The standard InChI is InChI=1S/C25H30N2O3/c1-25(2,3)30-24(28)27-15-14-26-17-19-9-12-23(13-10-19)29-18-20-8-11-21-6-4-5-7-22(21)16-20/h4-13,16,26H,14-15,17-18H2,1-3H3,(H,27,28). The highest BCUT2D eigenvalue weighted by molar-refractivity contribution is 5.82. The topological polar surface area (TPSA) is 59.6 Å². The van der Waals surface area contributed by atoms with Gasteiger partial charge in [-0.05, 0) is 60.9 Å². The second-order valence-corrected chi connectivity index (χ2v) is 8.22. The minimum absolute atomic E-state index is 0.391. The highest BCUT2D eigenvalue weighted by atomic mass is 16.6. The van der Waals surface area contributed by atoms with Crippen LogP contribution in [0.4, 0.5) is 4.79 Å². The third-order valence-corrected chi connectivity index (χ3v) is 4.44. The highest BCUT2D eigenvalue weighted by Crippen LogP contribution is 2.18. The molecule has 30 heavy (non-hydrogen) atoms. The van der Waals surface area contributed by atoms with Gasteiger partial charge in [-0.3, -0.25) is 0 Å². The number of hydrogen-bond acceptors (Lipinski definition) is 4. The van der Waals surface area contributed by atoms with Crippen molar-refractivity contribution in [2.75, 3.05) is 13.1 Å².